The summed E-state index contributed by atoms with van der Waals surface area (Å²) in [6.45, 7) is 5.55. The number of aliphatic hydroxyl groups excluding tert-OH is 1. The third-order valence-corrected chi connectivity index (χ3v) is 3.04. The predicted molar refractivity (Wildman–Crippen MR) is 65.5 cm³/mol. The molecule has 1 aromatic heterocycles. The zero-order chi connectivity index (χ0) is 12.3. The zero-order valence-corrected chi connectivity index (χ0v) is 10.5. The molecule has 0 radical (unpaired) electrons. The third-order valence-electron chi connectivity index (χ3n) is 3.04. The third kappa shape index (κ3) is 2.52. The van der Waals surface area contributed by atoms with Crippen LogP contribution in [0.4, 0.5) is 0 Å². The van der Waals surface area contributed by atoms with E-state index in [-0.39, 0.29) is 0 Å². The van der Waals surface area contributed by atoms with Crippen molar-refractivity contribution in [1.82, 2.24) is 9.78 Å². The first kappa shape index (κ1) is 12.2. The Labute approximate surface area is 102 Å². The summed E-state index contributed by atoms with van der Waals surface area (Å²) in [5, 5.41) is 14.7. The van der Waals surface area contributed by atoms with Crippen LogP contribution in [0.2, 0.25) is 0 Å². The molecular weight excluding hydrogens is 216 g/mol. The van der Waals surface area contributed by atoms with Crippen molar-refractivity contribution >= 4 is 0 Å². The van der Waals surface area contributed by atoms with Crippen LogP contribution in [0.5, 0.6) is 0 Å². The summed E-state index contributed by atoms with van der Waals surface area (Å²) >= 11 is 0. The molecule has 1 aromatic rings. The van der Waals surface area contributed by atoms with Crippen molar-refractivity contribution in [3.8, 4) is 0 Å². The van der Waals surface area contributed by atoms with Crippen LogP contribution in [0, 0.1) is 0 Å². The van der Waals surface area contributed by atoms with Crippen LogP contribution in [-0.2, 0) is 17.7 Å². The molecule has 1 aliphatic heterocycles. The highest BCUT2D eigenvalue weighted by Crippen LogP contribution is 2.26. The average Bonchev–Trinajstić information content (AvgIpc) is 2.82. The van der Waals surface area contributed by atoms with Gasteiger partial charge in [0.2, 0.25) is 0 Å². The molecule has 0 fully saturated rings. The second-order valence-electron chi connectivity index (χ2n) is 4.23. The molecule has 1 N–H and O–H groups in total. The molecule has 2 rings (SSSR count). The van der Waals surface area contributed by atoms with Crippen LogP contribution in [0.15, 0.2) is 17.9 Å². The first-order valence-corrected chi connectivity index (χ1v) is 6.33. The molecule has 0 saturated heterocycles. The maximum absolute atomic E-state index is 10.3. The van der Waals surface area contributed by atoms with E-state index in [4.69, 9.17) is 4.74 Å². The normalized spacial score (nSPS) is 17.5. The van der Waals surface area contributed by atoms with Crippen molar-refractivity contribution in [2.24, 2.45) is 0 Å². The second kappa shape index (κ2) is 5.36. The molecule has 0 amide bonds. The van der Waals surface area contributed by atoms with E-state index < -0.39 is 6.10 Å². The lowest BCUT2D eigenvalue weighted by molar-refractivity contribution is 0.0866. The van der Waals surface area contributed by atoms with Gasteiger partial charge in [-0.1, -0.05) is 6.92 Å². The Balaban J connectivity index is 2.25. The van der Waals surface area contributed by atoms with Crippen LogP contribution >= 0.6 is 0 Å². The molecule has 0 spiro atoms. The summed E-state index contributed by atoms with van der Waals surface area (Å²) in [7, 11) is 0. The molecule has 0 aliphatic carbocycles. The van der Waals surface area contributed by atoms with Crippen molar-refractivity contribution < 1.29 is 9.84 Å². The van der Waals surface area contributed by atoms with E-state index in [1.807, 2.05) is 23.7 Å². The van der Waals surface area contributed by atoms with E-state index in [0.29, 0.717) is 12.4 Å². The fourth-order valence-corrected chi connectivity index (χ4v) is 2.05. The van der Waals surface area contributed by atoms with Gasteiger partial charge in [-0.2, -0.15) is 5.10 Å². The number of nitrogens with zero attached hydrogens (tertiary/aromatic N) is 2. The number of aryl methyl sites for hydroxylation is 2. The van der Waals surface area contributed by atoms with E-state index in [2.05, 4.69) is 12.0 Å². The fraction of sp³-hybridized carbons (Fsp3) is 0.615. The molecular formula is C13H20N2O2. The maximum Gasteiger partial charge on any atom is 0.152 e. The van der Waals surface area contributed by atoms with Gasteiger partial charge in [-0.05, 0) is 38.3 Å². The lowest BCUT2D eigenvalue weighted by atomic mass is 10.1. The Hall–Kier alpha value is -1.29. The molecule has 94 valence electrons. The maximum atomic E-state index is 10.3. The van der Waals surface area contributed by atoms with E-state index in [9.17, 15) is 5.11 Å². The highest BCUT2D eigenvalue weighted by Gasteiger charge is 2.21. The van der Waals surface area contributed by atoms with Crippen LogP contribution in [-0.4, -0.2) is 21.5 Å². The standard InChI is InChI=1S/C13H20N2O2/c1-3-10-9-11(15(4-2)14-10)13(16)12-7-5-6-8-17-12/h7,9,13,16H,3-6,8H2,1-2H3. The average molecular weight is 236 g/mol. The van der Waals surface area contributed by atoms with E-state index in [1.54, 1.807) is 0 Å². The highest BCUT2D eigenvalue weighted by molar-refractivity contribution is 5.20. The number of ether oxygens (including phenoxy) is 1. The quantitative estimate of drug-likeness (QED) is 0.871. The first-order valence-electron chi connectivity index (χ1n) is 6.33. The molecule has 2 heterocycles. The van der Waals surface area contributed by atoms with Gasteiger partial charge in [0.15, 0.2) is 6.10 Å². The van der Waals surface area contributed by atoms with Gasteiger partial charge in [-0.15, -0.1) is 0 Å². The molecule has 4 heteroatoms. The van der Waals surface area contributed by atoms with Gasteiger partial charge in [0, 0.05) is 6.54 Å². The van der Waals surface area contributed by atoms with E-state index >= 15 is 0 Å². The molecule has 1 atom stereocenters. The summed E-state index contributed by atoms with van der Waals surface area (Å²) in [4.78, 5) is 0. The Bertz CT molecular complexity index is 410. The molecule has 0 aromatic carbocycles. The number of hydrogen-bond donors (Lipinski definition) is 1. The summed E-state index contributed by atoms with van der Waals surface area (Å²) in [5.74, 6) is 0.675. The van der Waals surface area contributed by atoms with Crippen LogP contribution in [0.1, 0.15) is 44.2 Å². The van der Waals surface area contributed by atoms with Gasteiger partial charge in [0.25, 0.3) is 0 Å². The molecule has 1 unspecified atom stereocenters. The van der Waals surface area contributed by atoms with Crippen molar-refractivity contribution in [3.05, 3.63) is 29.3 Å². The number of aliphatic hydroxyl groups is 1. The number of rotatable bonds is 4. The van der Waals surface area contributed by atoms with Gasteiger partial charge >= 0.3 is 0 Å². The van der Waals surface area contributed by atoms with Crippen LogP contribution in [0.25, 0.3) is 0 Å². The molecule has 1 aliphatic rings. The monoisotopic (exact) mass is 236 g/mol. The van der Waals surface area contributed by atoms with Crippen molar-refractivity contribution in [1.29, 1.82) is 0 Å². The molecule has 0 saturated carbocycles. The van der Waals surface area contributed by atoms with Crippen molar-refractivity contribution in [2.45, 2.75) is 45.8 Å². The number of allylic oxidation sites excluding steroid dienone is 1. The minimum atomic E-state index is -0.678. The zero-order valence-electron chi connectivity index (χ0n) is 10.5. The van der Waals surface area contributed by atoms with Gasteiger partial charge in [-0.25, -0.2) is 0 Å². The van der Waals surface area contributed by atoms with Gasteiger partial charge in [0.05, 0.1) is 18.0 Å². The molecule has 17 heavy (non-hydrogen) atoms. The minimum Gasteiger partial charge on any atom is -0.495 e. The summed E-state index contributed by atoms with van der Waals surface area (Å²) in [6, 6.07) is 1.97. The first-order chi connectivity index (χ1) is 8.26. The summed E-state index contributed by atoms with van der Waals surface area (Å²) < 4.78 is 7.36. The highest BCUT2D eigenvalue weighted by atomic mass is 16.5. The van der Waals surface area contributed by atoms with E-state index in [1.165, 1.54) is 0 Å². The van der Waals surface area contributed by atoms with Gasteiger partial charge in [0.1, 0.15) is 5.76 Å². The SMILES string of the molecule is CCc1cc(C(O)C2=CCCCO2)n(CC)n1. The van der Waals surface area contributed by atoms with Crippen molar-refractivity contribution in [3.63, 3.8) is 0 Å². The summed E-state index contributed by atoms with van der Waals surface area (Å²) in [6.07, 6.45) is 4.19. The number of aromatic nitrogens is 2. The van der Waals surface area contributed by atoms with Crippen LogP contribution < -0.4 is 0 Å². The largest absolute Gasteiger partial charge is 0.495 e. The van der Waals surface area contributed by atoms with E-state index in [0.717, 1.165) is 37.2 Å². The minimum absolute atomic E-state index is 0.675. The molecule has 0 bridgehead atoms. The van der Waals surface area contributed by atoms with Crippen molar-refractivity contribution in [2.75, 3.05) is 6.61 Å². The fourth-order valence-electron chi connectivity index (χ4n) is 2.05. The predicted octanol–water partition coefficient (Wildman–Crippen LogP) is 2.19. The Morgan fingerprint density at radius 3 is 2.94 bits per heavy atom. The Morgan fingerprint density at radius 1 is 1.53 bits per heavy atom. The Kier molecular flexibility index (Phi) is 3.84. The lowest BCUT2D eigenvalue weighted by Crippen LogP contribution is -2.14. The Morgan fingerprint density at radius 2 is 2.35 bits per heavy atom. The molecule has 4 nitrogen and oxygen atoms in total. The topological polar surface area (TPSA) is 47.3 Å². The van der Waals surface area contributed by atoms with Crippen LogP contribution in [0.3, 0.4) is 0 Å². The van der Waals surface area contributed by atoms with Gasteiger partial charge < -0.3 is 9.84 Å². The second-order valence-corrected chi connectivity index (χ2v) is 4.23. The van der Waals surface area contributed by atoms with Gasteiger partial charge in [-0.3, -0.25) is 4.68 Å². The summed E-state index contributed by atoms with van der Waals surface area (Å²) in [5.41, 5.74) is 1.84. The lowest BCUT2D eigenvalue weighted by Gasteiger charge is -2.20. The number of hydrogen-bond acceptors (Lipinski definition) is 3. The smallest absolute Gasteiger partial charge is 0.152 e.